The molecule has 2 heterocycles. The van der Waals surface area contributed by atoms with Gasteiger partial charge in [-0.15, -0.1) is 0 Å². The summed E-state index contributed by atoms with van der Waals surface area (Å²) >= 11 is 0. The molecule has 0 aromatic rings. The van der Waals surface area contributed by atoms with E-state index in [1.165, 1.54) is 19.3 Å². The molecule has 2 aliphatic heterocycles. The van der Waals surface area contributed by atoms with Crippen LogP contribution in [0.25, 0.3) is 0 Å². The van der Waals surface area contributed by atoms with Crippen LogP contribution < -0.4 is 0 Å². The molecule has 0 saturated carbocycles. The third-order valence-electron chi connectivity index (χ3n) is 4.15. The van der Waals surface area contributed by atoms with E-state index in [2.05, 4.69) is 11.8 Å². The van der Waals surface area contributed by atoms with Crippen LogP contribution in [0.3, 0.4) is 0 Å². The van der Waals surface area contributed by atoms with Crippen LogP contribution in [0.5, 0.6) is 0 Å². The molecule has 4 heteroatoms. The van der Waals surface area contributed by atoms with Gasteiger partial charge in [-0.3, -0.25) is 4.79 Å². The quantitative estimate of drug-likeness (QED) is 0.794. The number of aliphatic carboxylic acids is 1. The van der Waals surface area contributed by atoms with E-state index in [0.717, 1.165) is 19.0 Å². The smallest absolute Gasteiger partial charge is 0.313 e. The van der Waals surface area contributed by atoms with Crippen molar-refractivity contribution in [3.63, 3.8) is 0 Å². The molecule has 0 aromatic heterocycles. The van der Waals surface area contributed by atoms with E-state index >= 15 is 0 Å². The average Bonchev–Trinajstić information content (AvgIpc) is 2.90. The van der Waals surface area contributed by atoms with Crippen LogP contribution in [-0.4, -0.2) is 48.8 Å². The molecule has 2 fully saturated rings. The third kappa shape index (κ3) is 2.80. The molecule has 4 nitrogen and oxygen atoms in total. The summed E-state index contributed by atoms with van der Waals surface area (Å²) in [7, 11) is 0. The molecule has 2 saturated heterocycles. The highest BCUT2D eigenvalue weighted by molar-refractivity contribution is 5.75. The maximum atomic E-state index is 11.4. The number of carbonyl (C=O) groups is 1. The fourth-order valence-electron chi connectivity index (χ4n) is 3.10. The molecule has 0 bridgehead atoms. The fourth-order valence-corrected chi connectivity index (χ4v) is 3.10. The minimum atomic E-state index is -0.686. The van der Waals surface area contributed by atoms with Gasteiger partial charge in [0, 0.05) is 19.7 Å². The third-order valence-corrected chi connectivity index (χ3v) is 4.15. The summed E-state index contributed by atoms with van der Waals surface area (Å²) in [5.41, 5.74) is -0.638. The highest BCUT2D eigenvalue weighted by Gasteiger charge is 2.44. The van der Waals surface area contributed by atoms with Gasteiger partial charge in [-0.05, 0) is 31.7 Å². The fraction of sp³-hybridized carbons (Fsp3) is 0.923. The second-order valence-corrected chi connectivity index (χ2v) is 5.57. The minimum absolute atomic E-state index is 0.386. The summed E-state index contributed by atoms with van der Waals surface area (Å²) in [5, 5.41) is 9.39. The molecule has 2 aliphatic rings. The predicted molar refractivity (Wildman–Crippen MR) is 65.0 cm³/mol. The highest BCUT2D eigenvalue weighted by Crippen LogP contribution is 2.32. The van der Waals surface area contributed by atoms with Gasteiger partial charge in [0.15, 0.2) is 0 Å². The number of ether oxygens (including phenoxy) is 1. The Balaban J connectivity index is 1.89. The molecule has 17 heavy (non-hydrogen) atoms. The lowest BCUT2D eigenvalue weighted by atomic mass is 9.87. The average molecular weight is 241 g/mol. The first-order valence-electron chi connectivity index (χ1n) is 6.70. The van der Waals surface area contributed by atoms with Crippen LogP contribution >= 0.6 is 0 Å². The molecule has 2 atom stereocenters. The topological polar surface area (TPSA) is 49.8 Å². The molecule has 1 N–H and O–H groups in total. The van der Waals surface area contributed by atoms with Gasteiger partial charge in [0.2, 0.25) is 0 Å². The number of rotatable bonds is 5. The second-order valence-electron chi connectivity index (χ2n) is 5.57. The molecule has 0 aliphatic carbocycles. The van der Waals surface area contributed by atoms with E-state index in [-0.39, 0.29) is 0 Å². The maximum absolute atomic E-state index is 11.4. The van der Waals surface area contributed by atoms with Gasteiger partial charge < -0.3 is 14.7 Å². The molecule has 0 amide bonds. The molecule has 98 valence electrons. The molecular formula is C13H23NO3. The molecule has 0 radical (unpaired) electrons. The van der Waals surface area contributed by atoms with Crippen LogP contribution in [0.1, 0.15) is 32.6 Å². The van der Waals surface area contributed by atoms with E-state index in [9.17, 15) is 9.90 Å². The van der Waals surface area contributed by atoms with Crippen LogP contribution in [-0.2, 0) is 9.53 Å². The SMILES string of the molecule is CCCC1CCN(CC2(C(=O)O)CCOC2)C1. The van der Waals surface area contributed by atoms with Crippen LogP contribution in [0.4, 0.5) is 0 Å². The van der Waals surface area contributed by atoms with Gasteiger partial charge in [-0.2, -0.15) is 0 Å². The van der Waals surface area contributed by atoms with Gasteiger partial charge in [0.25, 0.3) is 0 Å². The van der Waals surface area contributed by atoms with Crippen molar-refractivity contribution in [3.05, 3.63) is 0 Å². The minimum Gasteiger partial charge on any atom is -0.481 e. The molecule has 2 rings (SSSR count). The maximum Gasteiger partial charge on any atom is 0.313 e. The van der Waals surface area contributed by atoms with E-state index in [1.807, 2.05) is 0 Å². The van der Waals surface area contributed by atoms with Gasteiger partial charge >= 0.3 is 5.97 Å². The number of hydrogen-bond acceptors (Lipinski definition) is 3. The lowest BCUT2D eigenvalue weighted by Crippen LogP contribution is -2.43. The Morgan fingerprint density at radius 2 is 2.41 bits per heavy atom. The van der Waals surface area contributed by atoms with Crippen molar-refractivity contribution in [1.29, 1.82) is 0 Å². The monoisotopic (exact) mass is 241 g/mol. The summed E-state index contributed by atoms with van der Waals surface area (Å²) in [5.74, 6) is 0.0853. The summed E-state index contributed by atoms with van der Waals surface area (Å²) in [6, 6.07) is 0. The van der Waals surface area contributed by atoms with Crippen molar-refractivity contribution in [2.45, 2.75) is 32.6 Å². The zero-order valence-corrected chi connectivity index (χ0v) is 10.7. The molecular weight excluding hydrogens is 218 g/mol. The lowest BCUT2D eigenvalue weighted by molar-refractivity contribution is -0.150. The van der Waals surface area contributed by atoms with Gasteiger partial charge in [0.05, 0.1) is 6.61 Å². The standard InChI is InChI=1S/C13H23NO3/c1-2-3-11-4-6-14(8-11)9-13(12(15)16)5-7-17-10-13/h11H,2-10H2,1H3,(H,15,16). The Morgan fingerprint density at radius 3 is 3.00 bits per heavy atom. The first-order chi connectivity index (χ1) is 8.16. The van der Waals surface area contributed by atoms with Crippen LogP contribution in [0.15, 0.2) is 0 Å². The van der Waals surface area contributed by atoms with E-state index in [0.29, 0.717) is 26.2 Å². The van der Waals surface area contributed by atoms with Crippen molar-refractivity contribution in [3.8, 4) is 0 Å². The number of nitrogens with zero attached hydrogens (tertiary/aromatic N) is 1. The zero-order valence-electron chi connectivity index (χ0n) is 10.7. The Kier molecular flexibility index (Phi) is 4.05. The number of carboxylic acids is 1. The van der Waals surface area contributed by atoms with Gasteiger partial charge in [0.1, 0.15) is 5.41 Å². The Morgan fingerprint density at radius 1 is 1.59 bits per heavy atom. The van der Waals surface area contributed by atoms with Crippen molar-refractivity contribution in [2.75, 3.05) is 32.8 Å². The number of carboxylic acid groups (broad SMARTS) is 1. The van der Waals surface area contributed by atoms with E-state index in [1.54, 1.807) is 0 Å². The lowest BCUT2D eigenvalue weighted by Gasteiger charge is -2.28. The Hall–Kier alpha value is -0.610. The van der Waals surface area contributed by atoms with Crippen molar-refractivity contribution < 1.29 is 14.6 Å². The molecule has 0 spiro atoms. The summed E-state index contributed by atoms with van der Waals surface area (Å²) in [4.78, 5) is 13.7. The van der Waals surface area contributed by atoms with Crippen LogP contribution in [0.2, 0.25) is 0 Å². The predicted octanol–water partition coefficient (Wildman–Crippen LogP) is 1.60. The molecule has 0 aromatic carbocycles. The first kappa shape index (κ1) is 12.8. The first-order valence-corrected chi connectivity index (χ1v) is 6.70. The van der Waals surface area contributed by atoms with E-state index < -0.39 is 11.4 Å². The summed E-state index contributed by atoms with van der Waals surface area (Å²) in [6.45, 7) is 5.99. The second kappa shape index (κ2) is 5.36. The summed E-state index contributed by atoms with van der Waals surface area (Å²) < 4.78 is 5.30. The molecule has 2 unspecified atom stereocenters. The highest BCUT2D eigenvalue weighted by atomic mass is 16.5. The van der Waals surface area contributed by atoms with Gasteiger partial charge in [-0.1, -0.05) is 13.3 Å². The Bertz CT molecular complexity index is 274. The van der Waals surface area contributed by atoms with E-state index in [4.69, 9.17) is 4.74 Å². The number of likely N-dealkylation sites (tertiary alicyclic amines) is 1. The number of hydrogen-bond donors (Lipinski definition) is 1. The zero-order chi connectivity index (χ0) is 12.3. The largest absolute Gasteiger partial charge is 0.481 e. The normalized spacial score (nSPS) is 34.3. The van der Waals surface area contributed by atoms with Crippen molar-refractivity contribution >= 4 is 5.97 Å². The van der Waals surface area contributed by atoms with Gasteiger partial charge in [-0.25, -0.2) is 0 Å². The van der Waals surface area contributed by atoms with Crippen molar-refractivity contribution in [1.82, 2.24) is 4.90 Å². The van der Waals surface area contributed by atoms with Crippen LogP contribution in [0, 0.1) is 11.3 Å². The van der Waals surface area contributed by atoms with Crippen molar-refractivity contribution in [2.24, 2.45) is 11.3 Å². The Labute approximate surface area is 103 Å². The summed E-state index contributed by atoms with van der Waals surface area (Å²) in [6.07, 6.45) is 4.39.